The first-order valence-electron chi connectivity index (χ1n) is 6.66. The van der Waals surface area contributed by atoms with Crippen LogP contribution in [0.25, 0.3) is 21.9 Å². The van der Waals surface area contributed by atoms with Crippen LogP contribution in [-0.4, -0.2) is 16.1 Å². The first-order chi connectivity index (χ1) is 10.6. The molecule has 0 saturated heterocycles. The van der Waals surface area contributed by atoms with E-state index in [4.69, 9.17) is 0 Å². The molecule has 3 rings (SSSR count). The van der Waals surface area contributed by atoms with E-state index < -0.39 is 5.97 Å². The lowest BCUT2D eigenvalue weighted by Gasteiger charge is -2.03. The summed E-state index contributed by atoms with van der Waals surface area (Å²) in [6, 6.07) is 15.7. The molecule has 3 aromatic rings. The van der Waals surface area contributed by atoms with E-state index >= 15 is 0 Å². The second-order valence-corrected chi connectivity index (χ2v) is 6.94. The number of rotatable bonds is 4. The van der Waals surface area contributed by atoms with E-state index in [9.17, 15) is 9.90 Å². The van der Waals surface area contributed by atoms with Gasteiger partial charge < -0.3 is 5.11 Å². The van der Waals surface area contributed by atoms with Gasteiger partial charge in [-0.3, -0.25) is 4.79 Å². The molecule has 0 spiro atoms. The molecule has 0 amide bonds. The number of halogens is 1. The van der Waals surface area contributed by atoms with Gasteiger partial charge in [-0.2, -0.15) is 0 Å². The van der Waals surface area contributed by atoms with Crippen molar-refractivity contribution in [3.63, 3.8) is 0 Å². The number of carboxylic acids is 1. The van der Waals surface area contributed by atoms with Gasteiger partial charge in [-0.15, -0.1) is 11.3 Å². The molecular weight excluding hydrogens is 409 g/mol. The van der Waals surface area contributed by atoms with Crippen LogP contribution in [-0.2, 0) is 4.79 Å². The number of hydrogen-bond donors (Lipinski definition) is 1. The fourth-order valence-electron chi connectivity index (χ4n) is 2.14. The summed E-state index contributed by atoms with van der Waals surface area (Å²) in [4.78, 5) is 15.8. The lowest BCUT2D eigenvalue weighted by atomic mass is 10.1. The van der Waals surface area contributed by atoms with Crippen molar-refractivity contribution < 1.29 is 9.90 Å². The van der Waals surface area contributed by atoms with Crippen molar-refractivity contribution in [1.82, 2.24) is 4.98 Å². The van der Waals surface area contributed by atoms with Crippen LogP contribution in [0, 0.1) is 3.57 Å². The Morgan fingerprint density at radius 2 is 1.91 bits per heavy atom. The monoisotopic (exact) mass is 421 g/mol. The fraction of sp³-hybridized carbons (Fsp3) is 0.0588. The van der Waals surface area contributed by atoms with E-state index in [2.05, 4.69) is 27.6 Å². The SMILES string of the molecule is O=C(O)CC(=Cc1ccccc1I)c1nc2ccccc2s1. The zero-order valence-corrected chi connectivity index (χ0v) is 14.5. The number of benzene rings is 2. The van der Waals surface area contributed by atoms with Crippen LogP contribution in [0.3, 0.4) is 0 Å². The molecule has 0 unspecified atom stereocenters. The third kappa shape index (κ3) is 3.36. The summed E-state index contributed by atoms with van der Waals surface area (Å²) in [6.07, 6.45) is 1.89. The summed E-state index contributed by atoms with van der Waals surface area (Å²) >= 11 is 3.78. The molecule has 3 nitrogen and oxygen atoms in total. The molecule has 0 bridgehead atoms. The first-order valence-corrected chi connectivity index (χ1v) is 8.56. The second-order valence-electron chi connectivity index (χ2n) is 4.75. The summed E-state index contributed by atoms with van der Waals surface area (Å²) in [5, 5.41) is 9.97. The Morgan fingerprint density at radius 3 is 2.64 bits per heavy atom. The molecule has 0 aliphatic carbocycles. The highest BCUT2D eigenvalue weighted by atomic mass is 127. The van der Waals surface area contributed by atoms with E-state index in [0.29, 0.717) is 0 Å². The zero-order chi connectivity index (χ0) is 15.5. The Balaban J connectivity index is 2.10. The van der Waals surface area contributed by atoms with E-state index in [0.717, 1.165) is 29.9 Å². The van der Waals surface area contributed by atoms with E-state index in [-0.39, 0.29) is 6.42 Å². The Kier molecular flexibility index (Phi) is 4.54. The molecule has 1 N–H and O–H groups in total. The van der Waals surface area contributed by atoms with Crippen molar-refractivity contribution in [3.8, 4) is 0 Å². The predicted octanol–water partition coefficient (Wildman–Crippen LogP) is 4.92. The third-order valence-electron chi connectivity index (χ3n) is 3.15. The number of hydrogen-bond acceptors (Lipinski definition) is 3. The summed E-state index contributed by atoms with van der Waals surface area (Å²) in [5.74, 6) is -0.851. The maximum atomic E-state index is 11.2. The van der Waals surface area contributed by atoms with Crippen LogP contribution >= 0.6 is 33.9 Å². The van der Waals surface area contributed by atoms with Crippen molar-refractivity contribution in [1.29, 1.82) is 0 Å². The summed E-state index contributed by atoms with van der Waals surface area (Å²) in [7, 11) is 0. The van der Waals surface area contributed by atoms with Crippen LogP contribution in [0.15, 0.2) is 48.5 Å². The topological polar surface area (TPSA) is 50.2 Å². The Bertz CT molecular complexity index is 837. The van der Waals surface area contributed by atoms with Gasteiger partial charge in [-0.25, -0.2) is 4.98 Å². The standard InChI is InChI=1S/C17H12INO2S/c18-13-6-2-1-5-11(13)9-12(10-16(20)21)17-19-14-7-3-4-8-15(14)22-17/h1-9H,10H2,(H,20,21). The van der Waals surface area contributed by atoms with Crippen LogP contribution in [0.1, 0.15) is 17.0 Å². The molecule has 0 fully saturated rings. The highest BCUT2D eigenvalue weighted by Crippen LogP contribution is 2.30. The van der Waals surface area contributed by atoms with E-state index in [1.807, 2.05) is 54.6 Å². The quantitative estimate of drug-likeness (QED) is 0.609. The van der Waals surface area contributed by atoms with Gasteiger partial charge in [0.25, 0.3) is 0 Å². The third-order valence-corrected chi connectivity index (χ3v) is 5.24. The maximum absolute atomic E-state index is 11.2. The Morgan fingerprint density at radius 1 is 1.18 bits per heavy atom. The lowest BCUT2D eigenvalue weighted by Crippen LogP contribution is -1.97. The van der Waals surface area contributed by atoms with Gasteiger partial charge in [0.15, 0.2) is 0 Å². The average molecular weight is 421 g/mol. The van der Waals surface area contributed by atoms with Gasteiger partial charge in [0.2, 0.25) is 0 Å². The molecule has 0 atom stereocenters. The van der Waals surface area contributed by atoms with Crippen LogP contribution in [0.2, 0.25) is 0 Å². The molecule has 0 aliphatic rings. The van der Waals surface area contributed by atoms with Crippen molar-refractivity contribution in [2.24, 2.45) is 0 Å². The summed E-state index contributed by atoms with van der Waals surface area (Å²) in [6.45, 7) is 0. The van der Waals surface area contributed by atoms with E-state index in [1.165, 1.54) is 11.3 Å². The molecule has 1 aromatic heterocycles. The van der Waals surface area contributed by atoms with Gasteiger partial charge in [0, 0.05) is 3.57 Å². The van der Waals surface area contributed by atoms with Gasteiger partial charge in [-0.05, 0) is 58.0 Å². The Labute approximate surface area is 145 Å². The van der Waals surface area contributed by atoms with Gasteiger partial charge in [0.1, 0.15) is 5.01 Å². The minimum absolute atomic E-state index is 0.0369. The van der Waals surface area contributed by atoms with Gasteiger partial charge in [-0.1, -0.05) is 30.3 Å². The minimum Gasteiger partial charge on any atom is -0.481 e. The zero-order valence-electron chi connectivity index (χ0n) is 11.5. The van der Waals surface area contributed by atoms with Crippen LogP contribution in [0.5, 0.6) is 0 Å². The predicted molar refractivity (Wildman–Crippen MR) is 98.9 cm³/mol. The molecule has 0 radical (unpaired) electrons. The largest absolute Gasteiger partial charge is 0.481 e. The number of thiazole rings is 1. The lowest BCUT2D eigenvalue weighted by molar-refractivity contribution is -0.135. The first kappa shape index (κ1) is 15.2. The average Bonchev–Trinajstić information content (AvgIpc) is 2.92. The van der Waals surface area contributed by atoms with E-state index in [1.54, 1.807) is 0 Å². The van der Waals surface area contributed by atoms with Crippen molar-refractivity contribution in [2.75, 3.05) is 0 Å². The number of carbonyl (C=O) groups is 1. The van der Waals surface area contributed by atoms with Crippen molar-refractivity contribution in [3.05, 3.63) is 62.7 Å². The smallest absolute Gasteiger partial charge is 0.307 e. The molecule has 0 aliphatic heterocycles. The highest BCUT2D eigenvalue weighted by molar-refractivity contribution is 14.1. The van der Waals surface area contributed by atoms with Gasteiger partial charge >= 0.3 is 5.97 Å². The summed E-state index contributed by atoms with van der Waals surface area (Å²) in [5.41, 5.74) is 2.65. The van der Waals surface area contributed by atoms with Gasteiger partial charge in [0.05, 0.1) is 16.6 Å². The van der Waals surface area contributed by atoms with Crippen LogP contribution < -0.4 is 0 Å². The number of aliphatic carboxylic acids is 1. The minimum atomic E-state index is -0.851. The molecule has 0 saturated carbocycles. The number of fused-ring (bicyclic) bond motifs is 1. The Hall–Kier alpha value is -1.73. The normalized spacial score (nSPS) is 11.8. The molecule has 22 heavy (non-hydrogen) atoms. The number of nitrogens with zero attached hydrogens (tertiary/aromatic N) is 1. The number of aromatic nitrogens is 1. The molecule has 1 heterocycles. The molecule has 2 aromatic carbocycles. The van der Waals surface area contributed by atoms with Crippen LogP contribution in [0.4, 0.5) is 0 Å². The number of carboxylic acid groups (broad SMARTS) is 1. The highest BCUT2D eigenvalue weighted by Gasteiger charge is 2.13. The second kappa shape index (κ2) is 6.58. The number of para-hydroxylation sites is 1. The fourth-order valence-corrected chi connectivity index (χ4v) is 3.66. The molecule has 110 valence electrons. The van der Waals surface area contributed by atoms with Crippen molar-refractivity contribution in [2.45, 2.75) is 6.42 Å². The maximum Gasteiger partial charge on any atom is 0.307 e. The molecular formula is C17H12INO2S. The molecule has 5 heteroatoms. The van der Waals surface area contributed by atoms with Crippen molar-refractivity contribution >= 4 is 61.8 Å². The summed E-state index contributed by atoms with van der Waals surface area (Å²) < 4.78 is 2.15.